The maximum absolute atomic E-state index is 14.1. The van der Waals surface area contributed by atoms with Gasteiger partial charge >= 0.3 is 0 Å². The third-order valence-electron chi connectivity index (χ3n) is 3.31. The van der Waals surface area contributed by atoms with Crippen LogP contribution in [0.5, 0.6) is 0 Å². The summed E-state index contributed by atoms with van der Waals surface area (Å²) < 4.78 is 14.8. The molecule has 2 aromatic rings. The molecule has 0 aliphatic carbocycles. The maximum atomic E-state index is 14.1. The van der Waals surface area contributed by atoms with Crippen molar-refractivity contribution in [1.82, 2.24) is 11.0 Å². The Labute approximate surface area is 167 Å². The number of amides is 2. The third-order valence-corrected chi connectivity index (χ3v) is 3.99. The van der Waals surface area contributed by atoms with E-state index >= 15 is 0 Å². The lowest BCUT2D eigenvalue weighted by Crippen LogP contribution is -2.27. The highest BCUT2D eigenvalue weighted by molar-refractivity contribution is 14.1. The SMILES string of the molecule is N#Cc1ccc(C(=O)NOCCC(=O)NO)c(Nc2ccc(I)cc2F)c1. The standard InChI is InChI=1S/C17H14FIN4O4/c18-13-8-11(19)2-4-14(13)21-15-7-10(9-20)1-3-12(15)17(25)23-27-6-5-16(24)22-26/h1-4,7-8,21,26H,5-6H2,(H,22,24)(H,23,25). The Balaban J connectivity index is 2.17. The first-order chi connectivity index (χ1) is 12.9. The molecule has 0 atom stereocenters. The Kier molecular flexibility index (Phi) is 7.47. The molecular formula is C17H14FIN4O4. The van der Waals surface area contributed by atoms with Gasteiger partial charge in [-0.2, -0.15) is 5.26 Å². The molecule has 0 aliphatic heterocycles. The highest BCUT2D eigenvalue weighted by Crippen LogP contribution is 2.25. The molecule has 2 amide bonds. The maximum Gasteiger partial charge on any atom is 0.276 e. The van der Waals surface area contributed by atoms with Gasteiger partial charge in [-0.3, -0.25) is 19.6 Å². The first-order valence-corrected chi connectivity index (χ1v) is 8.63. The normalized spacial score (nSPS) is 10.0. The van der Waals surface area contributed by atoms with Gasteiger partial charge in [0.05, 0.1) is 41.6 Å². The minimum absolute atomic E-state index is 0.110. The lowest BCUT2D eigenvalue weighted by Gasteiger charge is -2.13. The molecule has 0 unspecified atom stereocenters. The van der Waals surface area contributed by atoms with E-state index < -0.39 is 17.6 Å². The van der Waals surface area contributed by atoms with E-state index in [-0.39, 0.29) is 35.5 Å². The van der Waals surface area contributed by atoms with Crippen LogP contribution in [0.3, 0.4) is 0 Å². The lowest BCUT2D eigenvalue weighted by atomic mass is 10.1. The van der Waals surface area contributed by atoms with Crippen LogP contribution in [0.4, 0.5) is 15.8 Å². The first-order valence-electron chi connectivity index (χ1n) is 7.56. The molecule has 2 aromatic carbocycles. The van der Waals surface area contributed by atoms with E-state index in [1.807, 2.05) is 28.7 Å². The second-order valence-corrected chi connectivity index (χ2v) is 6.43. The molecule has 0 saturated heterocycles. The van der Waals surface area contributed by atoms with Gasteiger partial charge in [-0.25, -0.2) is 15.4 Å². The largest absolute Gasteiger partial charge is 0.352 e. The summed E-state index contributed by atoms with van der Waals surface area (Å²) in [4.78, 5) is 28.1. The minimum atomic E-state index is -0.667. The topological polar surface area (TPSA) is 123 Å². The van der Waals surface area contributed by atoms with Gasteiger partial charge in [0.2, 0.25) is 5.91 Å². The van der Waals surface area contributed by atoms with Crippen molar-refractivity contribution in [3.63, 3.8) is 0 Å². The van der Waals surface area contributed by atoms with E-state index in [2.05, 4.69) is 10.8 Å². The number of benzene rings is 2. The van der Waals surface area contributed by atoms with Crippen molar-refractivity contribution in [2.45, 2.75) is 6.42 Å². The summed E-state index contributed by atoms with van der Waals surface area (Å²) in [7, 11) is 0. The summed E-state index contributed by atoms with van der Waals surface area (Å²) in [5.74, 6) is -1.83. The number of anilines is 2. The molecule has 0 fully saturated rings. The smallest absolute Gasteiger partial charge is 0.276 e. The minimum Gasteiger partial charge on any atom is -0.352 e. The van der Waals surface area contributed by atoms with Crippen LogP contribution in [0.15, 0.2) is 36.4 Å². The summed E-state index contributed by atoms with van der Waals surface area (Å²) in [6.45, 7) is -0.164. The number of hydrogen-bond acceptors (Lipinski definition) is 6. The van der Waals surface area contributed by atoms with E-state index in [1.165, 1.54) is 35.8 Å². The predicted octanol–water partition coefficient (Wildman–Crippen LogP) is 2.60. The number of carbonyl (C=O) groups excluding carboxylic acids is 2. The van der Waals surface area contributed by atoms with Gasteiger partial charge < -0.3 is 5.32 Å². The van der Waals surface area contributed by atoms with Crippen molar-refractivity contribution in [2.24, 2.45) is 0 Å². The molecule has 0 aliphatic rings. The third kappa shape index (κ3) is 5.88. The van der Waals surface area contributed by atoms with Gasteiger partial charge in [-0.1, -0.05) is 0 Å². The molecule has 0 aromatic heterocycles. The van der Waals surface area contributed by atoms with Crippen molar-refractivity contribution in [2.75, 3.05) is 11.9 Å². The number of hydrogen-bond donors (Lipinski definition) is 4. The summed E-state index contributed by atoms with van der Waals surface area (Å²) in [6.07, 6.45) is -0.164. The van der Waals surface area contributed by atoms with Crippen LogP contribution >= 0.6 is 22.6 Å². The van der Waals surface area contributed by atoms with E-state index in [0.717, 1.165) is 0 Å². The Morgan fingerprint density at radius 2 is 2.00 bits per heavy atom. The fourth-order valence-electron chi connectivity index (χ4n) is 2.02. The molecule has 4 N–H and O–H groups in total. The fourth-order valence-corrected chi connectivity index (χ4v) is 2.48. The number of nitrogens with one attached hydrogen (secondary N) is 3. The van der Waals surface area contributed by atoms with Crippen molar-refractivity contribution >= 4 is 45.8 Å². The van der Waals surface area contributed by atoms with Crippen molar-refractivity contribution in [1.29, 1.82) is 5.26 Å². The van der Waals surface area contributed by atoms with Crippen LogP contribution in [0.25, 0.3) is 0 Å². The molecule has 0 spiro atoms. The molecule has 0 heterocycles. The Hall–Kier alpha value is -2.75. The molecule has 0 bridgehead atoms. The van der Waals surface area contributed by atoms with Crippen LogP contribution in [0.2, 0.25) is 0 Å². The van der Waals surface area contributed by atoms with Crippen LogP contribution in [-0.4, -0.2) is 23.6 Å². The molecule has 10 heteroatoms. The Morgan fingerprint density at radius 1 is 1.22 bits per heavy atom. The van der Waals surface area contributed by atoms with Gasteiger partial charge in [0, 0.05) is 3.57 Å². The molecule has 27 heavy (non-hydrogen) atoms. The number of nitrogens with zero attached hydrogens (tertiary/aromatic N) is 1. The lowest BCUT2D eigenvalue weighted by molar-refractivity contribution is -0.130. The molecular weight excluding hydrogens is 470 g/mol. The second-order valence-electron chi connectivity index (χ2n) is 5.19. The number of hydroxylamine groups is 2. The van der Waals surface area contributed by atoms with Gasteiger partial charge in [0.25, 0.3) is 5.91 Å². The van der Waals surface area contributed by atoms with Crippen LogP contribution in [0.1, 0.15) is 22.3 Å². The summed E-state index contributed by atoms with van der Waals surface area (Å²) in [5.41, 5.74) is 4.32. The number of halogens is 2. The van der Waals surface area contributed by atoms with Crippen LogP contribution in [0, 0.1) is 20.7 Å². The highest BCUT2D eigenvalue weighted by atomic mass is 127. The molecule has 0 saturated carbocycles. The van der Waals surface area contributed by atoms with E-state index in [9.17, 15) is 14.0 Å². The van der Waals surface area contributed by atoms with Crippen LogP contribution in [-0.2, 0) is 9.63 Å². The summed E-state index contributed by atoms with van der Waals surface area (Å²) >= 11 is 1.97. The highest BCUT2D eigenvalue weighted by Gasteiger charge is 2.14. The van der Waals surface area contributed by atoms with Gasteiger partial charge in [0.1, 0.15) is 5.82 Å². The zero-order chi connectivity index (χ0) is 19.8. The van der Waals surface area contributed by atoms with Gasteiger partial charge in [-0.05, 0) is 59.0 Å². The van der Waals surface area contributed by atoms with Gasteiger partial charge in [0.15, 0.2) is 0 Å². The zero-order valence-corrected chi connectivity index (χ0v) is 15.9. The zero-order valence-electron chi connectivity index (χ0n) is 13.8. The average molecular weight is 484 g/mol. The monoisotopic (exact) mass is 484 g/mol. The van der Waals surface area contributed by atoms with E-state index in [4.69, 9.17) is 15.3 Å². The second kappa shape index (κ2) is 9.81. The molecule has 2 rings (SSSR count). The number of rotatable bonds is 7. The van der Waals surface area contributed by atoms with E-state index in [0.29, 0.717) is 3.57 Å². The van der Waals surface area contributed by atoms with Crippen molar-refractivity contribution < 1.29 is 24.0 Å². The van der Waals surface area contributed by atoms with E-state index in [1.54, 1.807) is 6.07 Å². The summed E-state index contributed by atoms with van der Waals surface area (Å²) in [6, 6.07) is 10.7. The molecule has 0 radical (unpaired) electrons. The quantitative estimate of drug-likeness (QED) is 0.208. The fraction of sp³-hybridized carbons (Fsp3) is 0.118. The average Bonchev–Trinajstić information content (AvgIpc) is 2.66. The van der Waals surface area contributed by atoms with Gasteiger partial charge in [-0.15, -0.1) is 0 Å². The molecule has 140 valence electrons. The van der Waals surface area contributed by atoms with Crippen molar-refractivity contribution in [3.8, 4) is 6.07 Å². The van der Waals surface area contributed by atoms with Crippen molar-refractivity contribution in [3.05, 3.63) is 56.9 Å². The Morgan fingerprint density at radius 3 is 2.67 bits per heavy atom. The first kappa shape index (κ1) is 20.6. The summed E-state index contributed by atoms with van der Waals surface area (Å²) in [5, 5.41) is 20.2. The number of nitriles is 1. The Bertz CT molecular complexity index is 901. The molecule has 8 nitrogen and oxygen atoms in total. The predicted molar refractivity (Wildman–Crippen MR) is 102 cm³/mol. The van der Waals surface area contributed by atoms with Crippen LogP contribution < -0.4 is 16.3 Å². The number of carbonyl (C=O) groups is 2.